The van der Waals surface area contributed by atoms with E-state index < -0.39 is 47.2 Å². The van der Waals surface area contributed by atoms with Crippen LogP contribution in [0, 0.1) is 16.7 Å². The van der Waals surface area contributed by atoms with Gasteiger partial charge in [-0.2, -0.15) is 0 Å². The van der Waals surface area contributed by atoms with Gasteiger partial charge in [0.1, 0.15) is 29.9 Å². The van der Waals surface area contributed by atoms with Crippen LogP contribution in [0.2, 0.25) is 0 Å². The molecule has 0 saturated carbocycles. The fourth-order valence-corrected chi connectivity index (χ4v) is 10.7. The smallest absolute Gasteiger partial charge is 0.324 e. The second-order valence-electron chi connectivity index (χ2n) is 21.7. The van der Waals surface area contributed by atoms with Crippen LogP contribution < -0.4 is 10.7 Å². The number of aromatic nitrogens is 2. The van der Waals surface area contributed by atoms with E-state index in [9.17, 15) is 29.1 Å². The number of ether oxygens (including phenoxy) is 3. The number of aromatic hydroxyl groups is 1. The normalized spacial score (nSPS) is 22.7. The van der Waals surface area contributed by atoms with Gasteiger partial charge in [0.05, 0.1) is 43.9 Å². The van der Waals surface area contributed by atoms with Crippen molar-refractivity contribution in [3.05, 3.63) is 71.5 Å². The second kappa shape index (κ2) is 20.7. The summed E-state index contributed by atoms with van der Waals surface area (Å²) in [4.78, 5) is 80.3. The average Bonchev–Trinajstić information content (AvgIpc) is 4.03. The zero-order chi connectivity index (χ0) is 51.1. The van der Waals surface area contributed by atoms with E-state index in [1.165, 1.54) is 21.9 Å². The molecule has 1 unspecified atom stereocenters. The maximum atomic E-state index is 14.8. The monoisotopic (exact) mass is 977 g/mol. The number of rotatable bonds is 13. The maximum absolute atomic E-state index is 14.8. The Kier molecular flexibility index (Phi) is 15.0. The van der Waals surface area contributed by atoms with Crippen molar-refractivity contribution in [3.8, 4) is 28.1 Å². The highest BCUT2D eigenvalue weighted by Crippen LogP contribution is 2.42. The van der Waals surface area contributed by atoms with Crippen molar-refractivity contribution in [2.45, 2.75) is 111 Å². The molecule has 3 N–H and O–H groups in total. The highest BCUT2D eigenvalue weighted by atomic mass is 16.5. The van der Waals surface area contributed by atoms with E-state index >= 15 is 0 Å². The minimum atomic E-state index is -1.19. The van der Waals surface area contributed by atoms with Crippen molar-refractivity contribution in [3.63, 3.8) is 0 Å². The van der Waals surface area contributed by atoms with Gasteiger partial charge in [0.25, 0.3) is 5.91 Å². The first-order valence-corrected chi connectivity index (χ1v) is 25.0. The molecule has 3 saturated heterocycles. The number of phenolic OH excluding ortho intramolecular Hbond substituents is 1. The minimum absolute atomic E-state index is 0.0187. The maximum Gasteiger partial charge on any atom is 0.324 e. The molecule has 0 spiro atoms. The second-order valence-corrected chi connectivity index (χ2v) is 21.7. The molecule has 17 nitrogen and oxygen atoms in total. The summed E-state index contributed by atoms with van der Waals surface area (Å²) >= 11 is 0. The molecule has 3 fully saturated rings. The Labute approximate surface area is 417 Å². The number of nitrogens with one attached hydrogen (secondary N) is 2. The standard InChI is InChI=1S/C54H72N8O9/c1-11-61-43-17-16-35-24-39(43)40(48(61)38-14-12-18-55-46(38)33(4)69-10)25-53(5,6)29-71-52(68)41-15-13-19-62(57-41)50(66)42(22-34-20-36(35)23-37(63)21-34)56-49(65)47(32(2)3)59(9)45(64)27-58(8)51(67)44-26-60(44)28-54(7)30-70-31-54/h12,14,16-18,20-21,23-24,32-33,41-42,44,47,57,63H,11,13,15,19,22,25-31H2,1-10H3,(H,56,65)/t33-,41-,42-,44+,47-,60?/m0/s1. The van der Waals surface area contributed by atoms with Crippen LogP contribution in [0.3, 0.4) is 0 Å². The molecule has 8 rings (SSSR count). The van der Waals surface area contributed by atoms with Crippen LogP contribution in [-0.4, -0.2) is 155 Å². The summed E-state index contributed by atoms with van der Waals surface area (Å²) in [6.07, 6.45) is 2.93. The number of hydrazine groups is 1. The molecular formula is C54H72N8O9. The van der Waals surface area contributed by atoms with Crippen LogP contribution in [-0.2, 0) is 57.6 Å². The van der Waals surface area contributed by atoms with Crippen LogP contribution in [0.4, 0.5) is 0 Å². The number of esters is 1. The number of benzene rings is 2. The Hall–Kier alpha value is -5.88. The summed E-state index contributed by atoms with van der Waals surface area (Å²) in [5, 5.41) is 16.7. The van der Waals surface area contributed by atoms with Crippen LogP contribution in [0.1, 0.15) is 84.2 Å². The summed E-state index contributed by atoms with van der Waals surface area (Å²) < 4.78 is 19.6. The molecule has 2 aromatic carbocycles. The summed E-state index contributed by atoms with van der Waals surface area (Å²) in [6.45, 7) is 17.5. The molecule has 6 bridgehead atoms. The van der Waals surface area contributed by atoms with E-state index in [0.717, 1.165) is 45.5 Å². The lowest BCUT2D eigenvalue weighted by molar-refractivity contribution is -0.155. The molecule has 6 heterocycles. The molecule has 382 valence electrons. The van der Waals surface area contributed by atoms with Crippen LogP contribution in [0.5, 0.6) is 5.75 Å². The third-order valence-electron chi connectivity index (χ3n) is 14.6. The Morgan fingerprint density at radius 3 is 2.48 bits per heavy atom. The predicted molar refractivity (Wildman–Crippen MR) is 269 cm³/mol. The van der Waals surface area contributed by atoms with E-state index in [1.807, 2.05) is 39.0 Å². The number of cyclic esters (lactones) is 1. The first kappa shape index (κ1) is 51.5. The number of pyridine rings is 1. The molecule has 4 aromatic rings. The van der Waals surface area contributed by atoms with Crippen molar-refractivity contribution in [2.24, 2.45) is 16.7 Å². The number of aryl methyl sites for hydroxylation is 1. The SMILES string of the molecule is CCn1c(-c2cccnc2[C@H](C)OC)c2c3cc(ccc31)-c1cc(O)cc(c1)C[C@H](NC(=O)[C@H](C(C)C)N(C)C(=O)CN(C)C(=O)[C@H]1CN1CC1(C)COC1)C(=O)N1CCC[C@H](N1)C(=O)OCC(C)(C)C2. The molecule has 6 atom stereocenters. The first-order chi connectivity index (χ1) is 33.7. The third-order valence-corrected chi connectivity index (χ3v) is 14.6. The third kappa shape index (κ3) is 11.0. The molecule has 4 aliphatic rings. The molecule has 4 amide bonds. The Morgan fingerprint density at radius 2 is 1.79 bits per heavy atom. The van der Waals surface area contributed by atoms with Gasteiger partial charge in [-0.15, -0.1) is 0 Å². The quantitative estimate of drug-likeness (QED) is 0.119. The molecule has 0 aliphatic carbocycles. The molecular weight excluding hydrogens is 905 g/mol. The Morgan fingerprint density at radius 1 is 1.03 bits per heavy atom. The van der Waals surface area contributed by atoms with Gasteiger partial charge in [0, 0.05) is 87.3 Å². The van der Waals surface area contributed by atoms with E-state index in [0.29, 0.717) is 56.7 Å². The van der Waals surface area contributed by atoms with Crippen molar-refractivity contribution in [2.75, 3.05) is 67.2 Å². The van der Waals surface area contributed by atoms with Gasteiger partial charge in [0.15, 0.2) is 0 Å². The topological polar surface area (TPSA) is 188 Å². The highest BCUT2D eigenvalue weighted by Gasteiger charge is 2.48. The zero-order valence-corrected chi connectivity index (χ0v) is 43.0. The largest absolute Gasteiger partial charge is 0.508 e. The fraction of sp³-hybridized carbons (Fsp3) is 0.556. The van der Waals surface area contributed by atoms with E-state index in [-0.39, 0.29) is 61.3 Å². The summed E-state index contributed by atoms with van der Waals surface area (Å²) in [6, 6.07) is 12.1. The Bertz CT molecular complexity index is 2680. The van der Waals surface area contributed by atoms with Gasteiger partial charge in [-0.25, -0.2) is 5.43 Å². The number of carbonyl (C=O) groups excluding carboxylic acids is 5. The number of phenols is 1. The fourth-order valence-electron chi connectivity index (χ4n) is 10.7. The predicted octanol–water partition coefficient (Wildman–Crippen LogP) is 5.11. The summed E-state index contributed by atoms with van der Waals surface area (Å²) in [5.74, 6) is -2.53. The van der Waals surface area contributed by atoms with Gasteiger partial charge >= 0.3 is 5.97 Å². The number of methoxy groups -OCH3 is 1. The van der Waals surface area contributed by atoms with Crippen molar-refractivity contribution in [1.82, 2.24) is 40.0 Å². The van der Waals surface area contributed by atoms with Gasteiger partial charge in [-0.05, 0) is 97.7 Å². The summed E-state index contributed by atoms with van der Waals surface area (Å²) in [5.41, 5.74) is 9.51. The zero-order valence-electron chi connectivity index (χ0n) is 43.0. The lowest BCUT2D eigenvalue weighted by Crippen LogP contribution is -2.62. The molecule has 0 radical (unpaired) electrons. The van der Waals surface area contributed by atoms with Crippen LogP contribution in [0.25, 0.3) is 33.3 Å². The number of likely N-dealkylation sites (N-methyl/N-ethyl adjacent to an activating group) is 2. The summed E-state index contributed by atoms with van der Waals surface area (Å²) in [7, 11) is 4.81. The van der Waals surface area contributed by atoms with Gasteiger partial charge in [-0.1, -0.05) is 46.8 Å². The number of carbonyl (C=O) groups is 5. The average molecular weight is 977 g/mol. The Balaban J connectivity index is 1.13. The molecule has 17 heteroatoms. The van der Waals surface area contributed by atoms with Gasteiger partial charge in [-0.3, -0.25) is 38.9 Å². The van der Waals surface area contributed by atoms with Crippen molar-refractivity contribution in [1.29, 1.82) is 0 Å². The molecule has 71 heavy (non-hydrogen) atoms. The molecule has 4 aliphatic heterocycles. The number of amides is 4. The highest BCUT2D eigenvalue weighted by molar-refractivity contribution is 5.96. The number of nitrogens with zero attached hydrogens (tertiary/aromatic N) is 6. The van der Waals surface area contributed by atoms with Crippen LogP contribution >= 0.6 is 0 Å². The van der Waals surface area contributed by atoms with Gasteiger partial charge in [0.2, 0.25) is 17.7 Å². The van der Waals surface area contributed by atoms with E-state index in [2.05, 4.69) is 66.1 Å². The number of hydrogen-bond acceptors (Lipinski definition) is 12. The van der Waals surface area contributed by atoms with Crippen molar-refractivity contribution >= 4 is 40.5 Å². The van der Waals surface area contributed by atoms with Crippen molar-refractivity contribution < 1.29 is 43.3 Å². The molecule has 2 aromatic heterocycles. The first-order valence-electron chi connectivity index (χ1n) is 25.0. The van der Waals surface area contributed by atoms with E-state index in [1.54, 1.807) is 32.5 Å². The van der Waals surface area contributed by atoms with Gasteiger partial charge < -0.3 is 39.0 Å². The van der Waals surface area contributed by atoms with E-state index in [4.69, 9.17) is 19.2 Å². The lowest BCUT2D eigenvalue weighted by Gasteiger charge is -2.38. The minimum Gasteiger partial charge on any atom is -0.508 e. The number of hydrogen-bond donors (Lipinski definition) is 3. The number of fused-ring (bicyclic) bond motifs is 6. The lowest BCUT2D eigenvalue weighted by atomic mass is 9.84. The van der Waals surface area contributed by atoms with Crippen LogP contribution in [0.15, 0.2) is 54.7 Å².